The number of hydrogen-bond acceptors (Lipinski definition) is 7. The van der Waals surface area contributed by atoms with Crippen molar-refractivity contribution in [3.05, 3.63) is 23.5 Å². The van der Waals surface area contributed by atoms with Crippen LogP contribution in [0, 0.1) is 5.92 Å². The number of alkyl halides is 1. The fourth-order valence-electron chi connectivity index (χ4n) is 3.75. The van der Waals surface area contributed by atoms with Gasteiger partial charge >= 0.3 is 0 Å². The largest absolute Gasteiger partial charge is 0.396 e. The summed E-state index contributed by atoms with van der Waals surface area (Å²) in [4.78, 5) is 14.7. The van der Waals surface area contributed by atoms with Crippen LogP contribution >= 0.6 is 22.9 Å². The summed E-state index contributed by atoms with van der Waals surface area (Å²) in [7, 11) is 0. The van der Waals surface area contributed by atoms with Crippen LogP contribution in [0.25, 0.3) is 10.2 Å². The SMILES string of the molecule is OCC1CCN(C(c2cc3ncncc3s2)N2CCOC(Cl)C2)CC1. The smallest absolute Gasteiger partial charge is 0.143 e. The van der Waals surface area contributed by atoms with Gasteiger partial charge in [-0.25, -0.2) is 9.97 Å². The molecule has 0 amide bonds. The van der Waals surface area contributed by atoms with Crippen LogP contribution < -0.4 is 0 Å². The summed E-state index contributed by atoms with van der Waals surface area (Å²) in [6.45, 7) is 4.50. The van der Waals surface area contributed by atoms with Crippen molar-refractivity contribution in [3.8, 4) is 0 Å². The molecule has 0 saturated carbocycles. The predicted molar refractivity (Wildman–Crippen MR) is 98.7 cm³/mol. The number of ether oxygens (including phenoxy) is 1. The minimum absolute atomic E-state index is 0.184. The topological polar surface area (TPSA) is 61.7 Å². The fraction of sp³-hybridized carbons (Fsp3) is 0.647. The van der Waals surface area contributed by atoms with Gasteiger partial charge in [0.2, 0.25) is 0 Å². The van der Waals surface area contributed by atoms with E-state index >= 15 is 0 Å². The summed E-state index contributed by atoms with van der Waals surface area (Å²) >= 11 is 8.03. The molecule has 0 aromatic carbocycles. The summed E-state index contributed by atoms with van der Waals surface area (Å²) in [5.74, 6) is 0.427. The monoisotopic (exact) mass is 382 g/mol. The minimum Gasteiger partial charge on any atom is -0.396 e. The van der Waals surface area contributed by atoms with Crippen molar-refractivity contribution in [2.24, 2.45) is 5.92 Å². The predicted octanol–water partition coefficient (Wildman–Crippen LogP) is 2.29. The van der Waals surface area contributed by atoms with Gasteiger partial charge in [0.1, 0.15) is 11.9 Å². The molecule has 2 aromatic heterocycles. The number of aliphatic hydroxyl groups excluding tert-OH is 1. The number of halogens is 1. The number of rotatable bonds is 4. The van der Waals surface area contributed by atoms with E-state index in [-0.39, 0.29) is 18.3 Å². The van der Waals surface area contributed by atoms with Crippen LogP contribution in [0.5, 0.6) is 0 Å². The number of fused-ring (bicyclic) bond motifs is 1. The quantitative estimate of drug-likeness (QED) is 0.819. The zero-order valence-corrected chi connectivity index (χ0v) is 15.6. The number of thiophene rings is 1. The zero-order chi connectivity index (χ0) is 17.2. The van der Waals surface area contributed by atoms with Crippen LogP contribution in [0.15, 0.2) is 18.6 Å². The van der Waals surface area contributed by atoms with E-state index in [1.165, 1.54) is 4.88 Å². The standard InChI is InChI=1S/C17H23ClN4O2S/c18-16-9-22(5-6-24-16)17(21-3-1-12(10-23)2-4-21)14-7-13-15(25-14)8-19-11-20-13/h7-8,11-12,16-17,23H,1-6,9-10H2. The van der Waals surface area contributed by atoms with Gasteiger partial charge < -0.3 is 9.84 Å². The van der Waals surface area contributed by atoms with Crippen molar-refractivity contribution in [1.82, 2.24) is 19.8 Å². The molecule has 0 bridgehead atoms. The Balaban J connectivity index is 1.63. The number of aliphatic hydroxyl groups is 1. The van der Waals surface area contributed by atoms with Gasteiger partial charge in [0.05, 0.1) is 23.0 Å². The van der Waals surface area contributed by atoms with Gasteiger partial charge in [0.25, 0.3) is 0 Å². The third-order valence-electron chi connectivity index (χ3n) is 5.12. The summed E-state index contributed by atoms with van der Waals surface area (Å²) in [6, 6.07) is 2.18. The van der Waals surface area contributed by atoms with Gasteiger partial charge in [-0.15, -0.1) is 11.3 Å². The van der Waals surface area contributed by atoms with Gasteiger partial charge in [-0.1, -0.05) is 11.6 Å². The van der Waals surface area contributed by atoms with Gasteiger partial charge in [0.15, 0.2) is 0 Å². The number of nitrogens with zero attached hydrogens (tertiary/aromatic N) is 4. The van der Waals surface area contributed by atoms with Crippen molar-refractivity contribution in [2.75, 3.05) is 39.4 Å². The zero-order valence-electron chi connectivity index (χ0n) is 14.1. The van der Waals surface area contributed by atoms with E-state index in [4.69, 9.17) is 16.3 Å². The molecule has 2 aliphatic rings. The lowest BCUT2D eigenvalue weighted by Gasteiger charge is -2.44. The molecule has 0 aliphatic carbocycles. The summed E-state index contributed by atoms with van der Waals surface area (Å²) in [5.41, 5.74) is 0.737. The molecular formula is C17H23ClN4O2S. The Morgan fingerprint density at radius 3 is 2.88 bits per heavy atom. The minimum atomic E-state index is -0.264. The highest BCUT2D eigenvalue weighted by Crippen LogP contribution is 2.36. The Hall–Kier alpha value is -0.830. The number of piperidine rings is 1. The van der Waals surface area contributed by atoms with Crippen LogP contribution in [0.3, 0.4) is 0 Å². The Morgan fingerprint density at radius 1 is 1.32 bits per heavy atom. The van der Waals surface area contributed by atoms with Crippen LogP contribution in [-0.2, 0) is 4.74 Å². The van der Waals surface area contributed by atoms with E-state index in [1.807, 2.05) is 6.20 Å². The highest BCUT2D eigenvalue weighted by molar-refractivity contribution is 7.19. The highest BCUT2D eigenvalue weighted by atomic mass is 35.5. The Morgan fingerprint density at radius 2 is 2.16 bits per heavy atom. The fourth-order valence-corrected chi connectivity index (χ4v) is 5.18. The van der Waals surface area contributed by atoms with Gasteiger partial charge in [0, 0.05) is 43.9 Å². The highest BCUT2D eigenvalue weighted by Gasteiger charge is 2.34. The summed E-state index contributed by atoms with van der Waals surface area (Å²) in [6.07, 6.45) is 5.74. The lowest BCUT2D eigenvalue weighted by atomic mass is 9.97. The summed E-state index contributed by atoms with van der Waals surface area (Å²) in [5, 5.41) is 9.44. The maximum Gasteiger partial charge on any atom is 0.143 e. The maximum atomic E-state index is 9.44. The molecule has 8 heteroatoms. The van der Waals surface area contributed by atoms with Gasteiger partial charge in [-0.05, 0) is 24.8 Å². The van der Waals surface area contributed by atoms with E-state index in [2.05, 4.69) is 25.8 Å². The maximum absolute atomic E-state index is 9.44. The molecule has 2 aliphatic heterocycles. The molecule has 136 valence electrons. The molecule has 2 unspecified atom stereocenters. The Kier molecular flexibility index (Phi) is 5.50. The number of aromatic nitrogens is 2. The van der Waals surface area contributed by atoms with E-state index in [1.54, 1.807) is 17.7 Å². The van der Waals surface area contributed by atoms with E-state index < -0.39 is 0 Å². The molecule has 4 rings (SSSR count). The Bertz CT molecular complexity index is 674. The second-order valence-corrected chi connectivity index (χ2v) is 8.33. The third-order valence-corrected chi connectivity index (χ3v) is 6.49. The van der Waals surface area contributed by atoms with Crippen LogP contribution in [0.4, 0.5) is 0 Å². The van der Waals surface area contributed by atoms with Crippen LogP contribution in [-0.4, -0.2) is 69.8 Å². The molecule has 2 saturated heterocycles. The summed E-state index contributed by atoms with van der Waals surface area (Å²) < 4.78 is 6.64. The first-order chi connectivity index (χ1) is 12.2. The lowest BCUT2D eigenvalue weighted by molar-refractivity contribution is -0.0574. The second-order valence-electron chi connectivity index (χ2n) is 6.73. The molecule has 2 atom stereocenters. The van der Waals surface area contributed by atoms with Crippen LogP contribution in [0.1, 0.15) is 23.9 Å². The molecule has 2 aromatic rings. The van der Waals surface area contributed by atoms with Crippen LogP contribution in [0.2, 0.25) is 0 Å². The first-order valence-electron chi connectivity index (χ1n) is 8.78. The molecule has 0 spiro atoms. The van der Waals surface area contributed by atoms with Gasteiger partial charge in [-0.2, -0.15) is 0 Å². The van der Waals surface area contributed by atoms with E-state index in [0.717, 1.165) is 42.7 Å². The molecule has 0 radical (unpaired) electrons. The first kappa shape index (κ1) is 17.6. The van der Waals surface area contributed by atoms with Gasteiger partial charge in [-0.3, -0.25) is 9.80 Å². The first-order valence-corrected chi connectivity index (χ1v) is 10.0. The van der Waals surface area contributed by atoms with Crippen molar-refractivity contribution in [1.29, 1.82) is 0 Å². The van der Waals surface area contributed by atoms with E-state index in [9.17, 15) is 5.11 Å². The number of hydrogen-bond donors (Lipinski definition) is 1. The number of likely N-dealkylation sites (tertiary alicyclic amines) is 1. The lowest BCUT2D eigenvalue weighted by Crippen LogP contribution is -2.50. The molecule has 1 N–H and O–H groups in total. The van der Waals surface area contributed by atoms with E-state index in [0.29, 0.717) is 19.1 Å². The molecule has 2 fully saturated rings. The number of morpholine rings is 1. The molecule has 6 nitrogen and oxygen atoms in total. The molecule has 25 heavy (non-hydrogen) atoms. The normalized spacial score (nSPS) is 25.4. The average molecular weight is 383 g/mol. The van der Waals surface area contributed by atoms with Crippen molar-refractivity contribution >= 4 is 33.2 Å². The average Bonchev–Trinajstić information content (AvgIpc) is 3.06. The Labute approximate surface area is 156 Å². The molecular weight excluding hydrogens is 360 g/mol. The second kappa shape index (κ2) is 7.82. The third kappa shape index (κ3) is 3.82. The molecule has 4 heterocycles. The van der Waals surface area contributed by atoms with Crippen molar-refractivity contribution < 1.29 is 9.84 Å². The van der Waals surface area contributed by atoms with Crippen molar-refractivity contribution in [3.63, 3.8) is 0 Å². The van der Waals surface area contributed by atoms with Crippen molar-refractivity contribution in [2.45, 2.75) is 24.6 Å².